The lowest BCUT2D eigenvalue weighted by atomic mass is 9.94. The first-order chi connectivity index (χ1) is 18.2. The normalized spacial score (nSPS) is 11.6. The third-order valence-electron chi connectivity index (χ3n) is 5.32. The van der Waals surface area contributed by atoms with Crippen LogP contribution in [0.3, 0.4) is 0 Å². The number of rotatable bonds is 8. The predicted octanol–water partition coefficient (Wildman–Crippen LogP) is 4.62. The van der Waals surface area contributed by atoms with Crippen LogP contribution in [-0.2, 0) is 17.3 Å². The van der Waals surface area contributed by atoms with Gasteiger partial charge in [0, 0.05) is 23.9 Å². The Morgan fingerprint density at radius 1 is 1.15 bits per heavy atom. The Bertz CT molecular complexity index is 1440. The zero-order valence-electron chi connectivity index (χ0n) is 21.5. The third kappa shape index (κ3) is 7.69. The number of ether oxygens (including phenoxy) is 2. The van der Waals surface area contributed by atoms with Gasteiger partial charge >= 0.3 is 18.3 Å². The van der Waals surface area contributed by atoms with Crippen molar-refractivity contribution in [3.8, 4) is 17.1 Å². The van der Waals surface area contributed by atoms with Gasteiger partial charge in [-0.2, -0.15) is 13.2 Å². The molecule has 0 saturated heterocycles. The van der Waals surface area contributed by atoms with Crippen molar-refractivity contribution in [1.82, 2.24) is 15.0 Å². The number of primary amides is 1. The number of hydrogen-bond acceptors (Lipinski definition) is 7. The zero-order valence-corrected chi connectivity index (χ0v) is 21.5. The highest BCUT2D eigenvalue weighted by molar-refractivity contribution is 6.00. The number of aryl methyl sites for hydroxylation is 1. The molecule has 3 amide bonds. The van der Waals surface area contributed by atoms with Crippen LogP contribution in [0.15, 0.2) is 41.5 Å². The second kappa shape index (κ2) is 11.4. The van der Waals surface area contributed by atoms with E-state index in [1.54, 1.807) is 13.8 Å². The van der Waals surface area contributed by atoms with E-state index in [2.05, 4.69) is 25.6 Å². The SMILES string of the molecule is CCOc1cc(-c2ncc(NC(=O)Nc3ccc(CC(C)(C)OC(N)=O)c(C(F)(F)F)c3)c(C)n2)c[nH]c1=O. The van der Waals surface area contributed by atoms with E-state index in [0.717, 1.165) is 6.07 Å². The summed E-state index contributed by atoms with van der Waals surface area (Å²) in [7, 11) is 0. The van der Waals surface area contributed by atoms with E-state index in [-0.39, 0.29) is 34.9 Å². The van der Waals surface area contributed by atoms with Crippen molar-refractivity contribution in [3.05, 3.63) is 63.8 Å². The smallest absolute Gasteiger partial charge is 0.416 e. The number of nitrogens with one attached hydrogen (secondary N) is 3. The number of anilines is 2. The molecule has 208 valence electrons. The van der Waals surface area contributed by atoms with Crippen molar-refractivity contribution in [1.29, 1.82) is 0 Å². The fourth-order valence-electron chi connectivity index (χ4n) is 3.71. The Balaban J connectivity index is 1.77. The molecular formula is C25H27F3N6O5. The van der Waals surface area contributed by atoms with E-state index in [1.165, 1.54) is 44.4 Å². The minimum absolute atomic E-state index is 0.103. The Morgan fingerprint density at radius 2 is 1.87 bits per heavy atom. The highest BCUT2D eigenvalue weighted by Gasteiger charge is 2.36. The van der Waals surface area contributed by atoms with Crippen molar-refractivity contribution < 1.29 is 32.2 Å². The third-order valence-corrected chi connectivity index (χ3v) is 5.32. The molecule has 0 spiro atoms. The van der Waals surface area contributed by atoms with Crippen molar-refractivity contribution in [3.63, 3.8) is 0 Å². The van der Waals surface area contributed by atoms with Gasteiger partial charge in [-0.25, -0.2) is 19.6 Å². The van der Waals surface area contributed by atoms with Crippen LogP contribution in [0.5, 0.6) is 5.75 Å². The molecule has 1 aromatic carbocycles. The van der Waals surface area contributed by atoms with Crippen molar-refractivity contribution in [2.24, 2.45) is 5.73 Å². The van der Waals surface area contributed by atoms with Gasteiger partial charge in [0.1, 0.15) is 5.60 Å². The van der Waals surface area contributed by atoms with Crippen LogP contribution in [0, 0.1) is 6.92 Å². The van der Waals surface area contributed by atoms with Gasteiger partial charge in [-0.1, -0.05) is 6.07 Å². The van der Waals surface area contributed by atoms with Gasteiger partial charge in [-0.05, 0) is 51.5 Å². The van der Waals surface area contributed by atoms with Gasteiger partial charge in [-0.15, -0.1) is 0 Å². The summed E-state index contributed by atoms with van der Waals surface area (Å²) in [5, 5.41) is 4.86. The lowest BCUT2D eigenvalue weighted by Gasteiger charge is -2.26. The highest BCUT2D eigenvalue weighted by Crippen LogP contribution is 2.36. The van der Waals surface area contributed by atoms with Crippen LogP contribution in [0.1, 0.15) is 37.6 Å². The number of pyridine rings is 1. The fourth-order valence-corrected chi connectivity index (χ4v) is 3.71. The molecule has 0 unspecified atom stereocenters. The molecule has 0 aliphatic heterocycles. The second-order valence-electron chi connectivity index (χ2n) is 9.01. The Kier molecular flexibility index (Phi) is 8.47. The molecule has 39 heavy (non-hydrogen) atoms. The number of aromatic amines is 1. The standard InChI is InChI=1S/C25H27F3N6O5/c1-5-38-19-8-15(11-31-21(19)35)20-30-12-18(13(2)32-20)34-23(37)33-16-7-6-14(17(9-16)25(26,27)28)10-24(3,4)39-22(29)36/h6-9,11-12H,5,10H2,1-4H3,(H2,29,36)(H,31,35)(H2,33,34,37). The molecule has 0 radical (unpaired) electrons. The number of amides is 3. The molecule has 3 rings (SSSR count). The van der Waals surface area contributed by atoms with Crippen LogP contribution >= 0.6 is 0 Å². The van der Waals surface area contributed by atoms with Crippen LogP contribution in [-0.4, -0.2) is 39.3 Å². The largest absolute Gasteiger partial charge is 0.488 e. The molecule has 2 aromatic heterocycles. The predicted molar refractivity (Wildman–Crippen MR) is 137 cm³/mol. The molecule has 14 heteroatoms. The first kappa shape index (κ1) is 28.9. The molecule has 11 nitrogen and oxygen atoms in total. The quantitative estimate of drug-likeness (QED) is 0.319. The van der Waals surface area contributed by atoms with Crippen molar-refractivity contribution >= 4 is 23.5 Å². The summed E-state index contributed by atoms with van der Waals surface area (Å²) in [5.74, 6) is 0.357. The molecular weight excluding hydrogens is 521 g/mol. The molecule has 0 atom stereocenters. The van der Waals surface area contributed by atoms with Crippen molar-refractivity contribution in [2.75, 3.05) is 17.2 Å². The van der Waals surface area contributed by atoms with Crippen LogP contribution < -0.4 is 26.7 Å². The average Bonchev–Trinajstić information content (AvgIpc) is 2.81. The van der Waals surface area contributed by atoms with E-state index in [4.69, 9.17) is 15.2 Å². The minimum Gasteiger partial charge on any atom is -0.488 e. The summed E-state index contributed by atoms with van der Waals surface area (Å²) in [5.41, 5.74) is 3.09. The number of H-pyrrole nitrogens is 1. The Hall–Kier alpha value is -4.62. The molecule has 0 aliphatic rings. The molecule has 0 fully saturated rings. The number of carbonyl (C=O) groups excluding carboxylic acids is 2. The molecule has 2 heterocycles. The molecule has 5 N–H and O–H groups in total. The number of carbonyl (C=O) groups is 2. The number of nitrogens with zero attached hydrogens (tertiary/aromatic N) is 2. The number of urea groups is 1. The second-order valence-corrected chi connectivity index (χ2v) is 9.01. The van der Waals surface area contributed by atoms with Crippen molar-refractivity contribution in [2.45, 2.75) is 45.9 Å². The molecule has 3 aromatic rings. The maximum atomic E-state index is 13.8. The van der Waals surface area contributed by atoms with Gasteiger partial charge in [0.25, 0.3) is 5.56 Å². The molecule has 0 aliphatic carbocycles. The summed E-state index contributed by atoms with van der Waals surface area (Å²) < 4.78 is 51.5. The lowest BCUT2D eigenvalue weighted by molar-refractivity contribution is -0.138. The molecule has 0 bridgehead atoms. The Labute approximate surface area is 221 Å². The number of benzene rings is 1. The fraction of sp³-hybridized carbons (Fsp3) is 0.320. The Morgan fingerprint density at radius 3 is 2.49 bits per heavy atom. The minimum atomic E-state index is -4.74. The van der Waals surface area contributed by atoms with Gasteiger partial charge < -0.3 is 30.8 Å². The first-order valence-electron chi connectivity index (χ1n) is 11.6. The van der Waals surface area contributed by atoms with E-state index < -0.39 is 35.0 Å². The van der Waals surface area contributed by atoms with Crippen LogP contribution in [0.25, 0.3) is 11.4 Å². The summed E-state index contributed by atoms with van der Waals surface area (Å²) in [4.78, 5) is 46.5. The maximum absolute atomic E-state index is 13.8. The van der Waals surface area contributed by atoms with E-state index in [1.807, 2.05) is 0 Å². The average molecular weight is 549 g/mol. The van der Waals surface area contributed by atoms with Gasteiger partial charge in [0.05, 0.1) is 29.7 Å². The van der Waals surface area contributed by atoms with Crippen LogP contribution in [0.2, 0.25) is 0 Å². The number of nitrogens with two attached hydrogens (primary N) is 1. The van der Waals surface area contributed by atoms with E-state index in [9.17, 15) is 27.6 Å². The topological polar surface area (TPSA) is 161 Å². The summed E-state index contributed by atoms with van der Waals surface area (Å²) in [6.45, 7) is 6.49. The summed E-state index contributed by atoms with van der Waals surface area (Å²) in [6, 6.07) is 3.93. The van der Waals surface area contributed by atoms with E-state index in [0.29, 0.717) is 17.9 Å². The van der Waals surface area contributed by atoms with Gasteiger partial charge in [0.15, 0.2) is 11.6 Å². The summed E-state index contributed by atoms with van der Waals surface area (Å²) >= 11 is 0. The van der Waals surface area contributed by atoms with E-state index >= 15 is 0 Å². The number of halogens is 3. The number of alkyl halides is 3. The first-order valence-corrected chi connectivity index (χ1v) is 11.6. The monoisotopic (exact) mass is 548 g/mol. The lowest BCUT2D eigenvalue weighted by Crippen LogP contribution is -2.34. The van der Waals surface area contributed by atoms with Gasteiger partial charge in [0.2, 0.25) is 0 Å². The van der Waals surface area contributed by atoms with Gasteiger partial charge in [-0.3, -0.25) is 4.79 Å². The zero-order chi connectivity index (χ0) is 29.0. The number of hydrogen-bond donors (Lipinski definition) is 4. The molecule has 0 saturated carbocycles. The van der Waals surface area contributed by atoms with Crippen LogP contribution in [0.4, 0.5) is 34.1 Å². The highest BCUT2D eigenvalue weighted by atomic mass is 19.4. The maximum Gasteiger partial charge on any atom is 0.416 e. The summed E-state index contributed by atoms with van der Waals surface area (Å²) in [6.07, 6.45) is -3.36. The number of aromatic nitrogens is 3.